The summed E-state index contributed by atoms with van der Waals surface area (Å²) in [6.07, 6.45) is 3.91. The second kappa shape index (κ2) is 4.51. The smallest absolute Gasteiger partial charge is 0.111 e. The van der Waals surface area contributed by atoms with Crippen LogP contribution in [0.1, 0.15) is 45.5 Å². The summed E-state index contributed by atoms with van der Waals surface area (Å²) < 4.78 is 2.21. The maximum absolute atomic E-state index is 4.30. The van der Waals surface area contributed by atoms with Crippen LogP contribution in [0.5, 0.6) is 0 Å². The van der Waals surface area contributed by atoms with Gasteiger partial charge in [-0.1, -0.05) is 13.8 Å². The molecule has 0 aliphatic carbocycles. The van der Waals surface area contributed by atoms with E-state index < -0.39 is 0 Å². The van der Waals surface area contributed by atoms with Crippen molar-refractivity contribution in [2.24, 2.45) is 0 Å². The highest BCUT2D eigenvalue weighted by molar-refractivity contribution is 5.85. The van der Waals surface area contributed by atoms with Crippen molar-refractivity contribution < 1.29 is 0 Å². The molecule has 1 aromatic rings. The second-order valence-electron chi connectivity index (χ2n) is 3.44. The number of hydrogen-bond donors (Lipinski definition) is 0. The maximum Gasteiger partial charge on any atom is 0.111 e. The van der Waals surface area contributed by atoms with Crippen LogP contribution in [0.4, 0.5) is 0 Å². The van der Waals surface area contributed by atoms with Gasteiger partial charge in [0.15, 0.2) is 0 Å². The molecule has 0 spiro atoms. The van der Waals surface area contributed by atoms with Crippen molar-refractivity contribution in [3.63, 3.8) is 0 Å². The SMILES string of the molecule is CC(C)c1nccn1C(C)C.Cl. The van der Waals surface area contributed by atoms with Crippen LogP contribution in [0.15, 0.2) is 12.4 Å². The standard InChI is InChI=1S/C9H16N2.ClH/c1-7(2)9-10-5-6-11(9)8(3)4;/h5-8H,1-4H3;1H. The molecule has 3 heteroatoms. The van der Waals surface area contributed by atoms with Crippen LogP contribution >= 0.6 is 12.4 Å². The lowest BCUT2D eigenvalue weighted by Crippen LogP contribution is -2.06. The van der Waals surface area contributed by atoms with Gasteiger partial charge in [-0.25, -0.2) is 4.98 Å². The Morgan fingerprint density at radius 2 is 1.83 bits per heavy atom. The molecule has 0 bridgehead atoms. The predicted molar refractivity (Wildman–Crippen MR) is 53.9 cm³/mol. The summed E-state index contributed by atoms with van der Waals surface area (Å²) in [6.45, 7) is 8.68. The third-order valence-corrected chi connectivity index (χ3v) is 1.77. The fraction of sp³-hybridized carbons (Fsp3) is 0.667. The van der Waals surface area contributed by atoms with Crippen LogP contribution in [-0.2, 0) is 0 Å². The second-order valence-corrected chi connectivity index (χ2v) is 3.44. The molecule has 1 aromatic heterocycles. The van der Waals surface area contributed by atoms with Crippen molar-refractivity contribution in [3.8, 4) is 0 Å². The molecule has 0 unspecified atom stereocenters. The van der Waals surface area contributed by atoms with Gasteiger partial charge in [-0.2, -0.15) is 0 Å². The highest BCUT2D eigenvalue weighted by Gasteiger charge is 2.08. The Balaban J connectivity index is 0.00000121. The molecule has 0 aliphatic rings. The zero-order valence-corrected chi connectivity index (χ0v) is 8.93. The Hall–Kier alpha value is -0.500. The van der Waals surface area contributed by atoms with E-state index in [1.165, 1.54) is 5.82 Å². The Morgan fingerprint density at radius 1 is 1.25 bits per heavy atom. The van der Waals surface area contributed by atoms with E-state index in [-0.39, 0.29) is 12.4 Å². The van der Waals surface area contributed by atoms with Crippen LogP contribution in [0.3, 0.4) is 0 Å². The number of nitrogens with zero attached hydrogens (tertiary/aromatic N) is 2. The molecule has 0 aliphatic heterocycles. The van der Waals surface area contributed by atoms with Crippen molar-refractivity contribution in [2.75, 3.05) is 0 Å². The van der Waals surface area contributed by atoms with Gasteiger partial charge in [0.05, 0.1) is 0 Å². The van der Waals surface area contributed by atoms with Gasteiger partial charge in [0, 0.05) is 24.4 Å². The van der Waals surface area contributed by atoms with Crippen LogP contribution < -0.4 is 0 Å². The monoisotopic (exact) mass is 188 g/mol. The van der Waals surface area contributed by atoms with Crippen molar-refractivity contribution in [1.29, 1.82) is 0 Å². The van der Waals surface area contributed by atoms with E-state index in [1.54, 1.807) is 0 Å². The normalized spacial score (nSPS) is 10.5. The summed E-state index contributed by atoms with van der Waals surface area (Å²) in [5, 5.41) is 0. The molecule has 1 heterocycles. The molecule has 0 saturated carbocycles. The highest BCUT2D eigenvalue weighted by Crippen LogP contribution is 2.15. The van der Waals surface area contributed by atoms with Crippen molar-refractivity contribution in [2.45, 2.75) is 39.7 Å². The third-order valence-electron chi connectivity index (χ3n) is 1.77. The molecule has 0 aromatic carbocycles. The van der Waals surface area contributed by atoms with Gasteiger partial charge < -0.3 is 4.57 Å². The first-order valence-corrected chi connectivity index (χ1v) is 4.15. The maximum atomic E-state index is 4.30. The third kappa shape index (κ3) is 2.24. The van der Waals surface area contributed by atoms with E-state index in [2.05, 4.69) is 37.2 Å². The number of aromatic nitrogens is 2. The van der Waals surface area contributed by atoms with Gasteiger partial charge >= 0.3 is 0 Å². The average Bonchev–Trinajstić information content (AvgIpc) is 2.32. The average molecular weight is 189 g/mol. The Morgan fingerprint density at radius 3 is 2.17 bits per heavy atom. The minimum absolute atomic E-state index is 0. The van der Waals surface area contributed by atoms with Gasteiger partial charge in [-0.05, 0) is 13.8 Å². The van der Waals surface area contributed by atoms with Crippen molar-refractivity contribution in [3.05, 3.63) is 18.2 Å². The topological polar surface area (TPSA) is 17.8 Å². The van der Waals surface area contributed by atoms with E-state index in [0.717, 1.165) is 0 Å². The van der Waals surface area contributed by atoms with E-state index in [4.69, 9.17) is 0 Å². The summed E-state index contributed by atoms with van der Waals surface area (Å²) in [5.41, 5.74) is 0. The van der Waals surface area contributed by atoms with Gasteiger partial charge in [-0.3, -0.25) is 0 Å². The quantitative estimate of drug-likeness (QED) is 0.698. The van der Waals surface area contributed by atoms with Gasteiger partial charge in [0.25, 0.3) is 0 Å². The van der Waals surface area contributed by atoms with Crippen LogP contribution in [-0.4, -0.2) is 9.55 Å². The molecule has 0 saturated heterocycles. The van der Waals surface area contributed by atoms with E-state index >= 15 is 0 Å². The molecule has 0 radical (unpaired) electrons. The molecule has 1 rings (SSSR count). The Labute approximate surface area is 80.4 Å². The minimum atomic E-state index is 0. The molecule has 0 fully saturated rings. The lowest BCUT2D eigenvalue weighted by atomic mass is 10.2. The number of hydrogen-bond acceptors (Lipinski definition) is 1. The molecule has 0 amide bonds. The van der Waals surface area contributed by atoms with Crippen LogP contribution in [0.25, 0.3) is 0 Å². The summed E-state index contributed by atoms with van der Waals surface area (Å²) in [5.74, 6) is 1.70. The van der Waals surface area contributed by atoms with E-state index in [1.807, 2.05) is 12.4 Å². The van der Waals surface area contributed by atoms with Crippen LogP contribution in [0, 0.1) is 0 Å². The fourth-order valence-corrected chi connectivity index (χ4v) is 1.21. The van der Waals surface area contributed by atoms with Crippen LogP contribution in [0.2, 0.25) is 0 Å². The number of rotatable bonds is 2. The van der Waals surface area contributed by atoms with Crippen molar-refractivity contribution in [1.82, 2.24) is 9.55 Å². The first kappa shape index (κ1) is 11.5. The summed E-state index contributed by atoms with van der Waals surface area (Å²) in [6, 6.07) is 0.523. The largest absolute Gasteiger partial charge is 0.332 e. The van der Waals surface area contributed by atoms with Gasteiger partial charge in [-0.15, -0.1) is 12.4 Å². The zero-order valence-electron chi connectivity index (χ0n) is 8.11. The van der Waals surface area contributed by atoms with E-state index in [0.29, 0.717) is 12.0 Å². The fourth-order valence-electron chi connectivity index (χ4n) is 1.21. The Bertz CT molecular complexity index is 206. The minimum Gasteiger partial charge on any atom is -0.332 e. The van der Waals surface area contributed by atoms with Gasteiger partial charge in [0.2, 0.25) is 0 Å². The lowest BCUT2D eigenvalue weighted by Gasteiger charge is -2.13. The molecule has 0 atom stereocenters. The van der Waals surface area contributed by atoms with E-state index in [9.17, 15) is 0 Å². The Kier molecular flexibility index (Phi) is 4.32. The number of imidazole rings is 1. The number of halogens is 1. The molecule has 2 nitrogen and oxygen atoms in total. The molecule has 70 valence electrons. The molecule has 12 heavy (non-hydrogen) atoms. The highest BCUT2D eigenvalue weighted by atomic mass is 35.5. The van der Waals surface area contributed by atoms with Crippen molar-refractivity contribution >= 4 is 12.4 Å². The molecular weight excluding hydrogens is 172 g/mol. The first-order chi connectivity index (χ1) is 5.13. The molecule has 0 N–H and O–H groups in total. The van der Waals surface area contributed by atoms with Gasteiger partial charge in [0.1, 0.15) is 5.82 Å². The molecular formula is C9H17ClN2. The summed E-state index contributed by atoms with van der Waals surface area (Å²) in [4.78, 5) is 4.30. The first-order valence-electron chi connectivity index (χ1n) is 4.15. The summed E-state index contributed by atoms with van der Waals surface area (Å²) in [7, 11) is 0. The zero-order chi connectivity index (χ0) is 8.43. The summed E-state index contributed by atoms with van der Waals surface area (Å²) >= 11 is 0. The predicted octanol–water partition coefficient (Wildman–Crippen LogP) is 3.01. The lowest BCUT2D eigenvalue weighted by molar-refractivity contribution is 0.550.